The number of nitrogens with one attached hydrogen (secondary N) is 2. The second-order valence-corrected chi connectivity index (χ2v) is 9.75. The quantitative estimate of drug-likeness (QED) is 0.512. The average Bonchev–Trinajstić information content (AvgIpc) is 2.71. The maximum absolute atomic E-state index is 11.6. The third kappa shape index (κ3) is 5.95. The standard InChI is InChI=1S/C21H36N4O2S/c1-5-21(6-2,19-10-8-7-9-11-19)17-24-20(22-3)23-16-18-12-14-25(15-13-18)28(4,26)27/h7-11,18H,5-6,12-17H2,1-4H3,(H2,22,23,24). The van der Waals surface area contributed by atoms with Crippen molar-refractivity contribution in [2.75, 3.05) is 39.5 Å². The van der Waals surface area contributed by atoms with Crippen molar-refractivity contribution in [3.8, 4) is 0 Å². The van der Waals surface area contributed by atoms with Crippen LogP contribution in [0, 0.1) is 5.92 Å². The Morgan fingerprint density at radius 3 is 2.25 bits per heavy atom. The van der Waals surface area contributed by atoms with Gasteiger partial charge in [0.25, 0.3) is 0 Å². The molecule has 0 bridgehead atoms. The minimum atomic E-state index is -3.07. The van der Waals surface area contributed by atoms with E-state index in [0.29, 0.717) is 19.0 Å². The predicted octanol–water partition coefficient (Wildman–Crippen LogP) is 2.58. The van der Waals surface area contributed by atoms with E-state index in [0.717, 1.165) is 44.7 Å². The van der Waals surface area contributed by atoms with Crippen LogP contribution in [0.15, 0.2) is 35.3 Å². The summed E-state index contributed by atoms with van der Waals surface area (Å²) in [5.41, 5.74) is 1.44. The van der Waals surface area contributed by atoms with E-state index in [-0.39, 0.29) is 5.41 Å². The molecule has 0 unspecified atom stereocenters. The second-order valence-electron chi connectivity index (χ2n) is 7.77. The SMILES string of the molecule is CCC(CC)(CNC(=NC)NCC1CCN(S(C)(=O)=O)CC1)c1ccccc1. The molecular formula is C21H36N4O2S. The van der Waals surface area contributed by atoms with Crippen LogP contribution in [0.1, 0.15) is 45.1 Å². The molecule has 1 aromatic rings. The molecule has 0 saturated carbocycles. The normalized spacial score (nSPS) is 17.5. The first-order valence-corrected chi connectivity index (χ1v) is 12.1. The van der Waals surface area contributed by atoms with E-state index in [1.165, 1.54) is 11.8 Å². The van der Waals surface area contributed by atoms with Crippen molar-refractivity contribution in [2.24, 2.45) is 10.9 Å². The van der Waals surface area contributed by atoms with Crippen LogP contribution in [0.5, 0.6) is 0 Å². The third-order valence-electron chi connectivity index (χ3n) is 6.16. The Kier molecular flexibility index (Phi) is 8.31. The Hall–Kier alpha value is -1.60. The molecule has 7 heteroatoms. The zero-order valence-corrected chi connectivity index (χ0v) is 18.6. The van der Waals surface area contributed by atoms with Crippen LogP contribution in [-0.4, -0.2) is 58.2 Å². The molecule has 0 aromatic heterocycles. The summed E-state index contributed by atoms with van der Waals surface area (Å²) in [6, 6.07) is 10.7. The van der Waals surface area contributed by atoms with E-state index < -0.39 is 10.0 Å². The molecule has 1 saturated heterocycles. The number of sulfonamides is 1. The van der Waals surface area contributed by atoms with E-state index in [9.17, 15) is 8.42 Å². The first-order valence-electron chi connectivity index (χ1n) is 10.3. The smallest absolute Gasteiger partial charge is 0.211 e. The number of aliphatic imine (C=N–C) groups is 1. The summed E-state index contributed by atoms with van der Waals surface area (Å²) < 4.78 is 24.9. The lowest BCUT2D eigenvalue weighted by Gasteiger charge is -2.34. The highest BCUT2D eigenvalue weighted by Crippen LogP contribution is 2.30. The average molecular weight is 409 g/mol. The maximum Gasteiger partial charge on any atom is 0.211 e. The second kappa shape index (κ2) is 10.3. The van der Waals surface area contributed by atoms with Crippen molar-refractivity contribution in [2.45, 2.75) is 44.9 Å². The van der Waals surface area contributed by atoms with Crippen LogP contribution in [0.4, 0.5) is 0 Å². The zero-order valence-electron chi connectivity index (χ0n) is 17.7. The lowest BCUT2D eigenvalue weighted by atomic mass is 9.76. The minimum Gasteiger partial charge on any atom is -0.356 e. The molecular weight excluding hydrogens is 372 g/mol. The fraction of sp³-hybridized carbons (Fsp3) is 0.667. The monoisotopic (exact) mass is 408 g/mol. The molecule has 0 radical (unpaired) electrons. The van der Waals surface area contributed by atoms with Crippen molar-refractivity contribution in [1.82, 2.24) is 14.9 Å². The number of piperidine rings is 1. The van der Waals surface area contributed by atoms with Gasteiger partial charge in [-0.2, -0.15) is 0 Å². The Balaban J connectivity index is 1.87. The van der Waals surface area contributed by atoms with Gasteiger partial charge >= 0.3 is 0 Å². The molecule has 0 amide bonds. The number of hydrogen-bond donors (Lipinski definition) is 2. The highest BCUT2D eigenvalue weighted by atomic mass is 32.2. The van der Waals surface area contributed by atoms with Gasteiger partial charge in [-0.25, -0.2) is 12.7 Å². The number of guanidine groups is 1. The van der Waals surface area contributed by atoms with Gasteiger partial charge in [-0.15, -0.1) is 0 Å². The highest BCUT2D eigenvalue weighted by Gasteiger charge is 2.29. The van der Waals surface area contributed by atoms with Crippen molar-refractivity contribution < 1.29 is 8.42 Å². The van der Waals surface area contributed by atoms with Crippen LogP contribution >= 0.6 is 0 Å². The summed E-state index contributed by atoms with van der Waals surface area (Å²) in [6.07, 6.45) is 5.17. The van der Waals surface area contributed by atoms with Gasteiger partial charge in [-0.05, 0) is 37.2 Å². The lowest BCUT2D eigenvalue weighted by Crippen LogP contribution is -2.47. The Bertz CT molecular complexity index is 722. The summed E-state index contributed by atoms with van der Waals surface area (Å²) >= 11 is 0. The van der Waals surface area contributed by atoms with Gasteiger partial charge in [0, 0.05) is 38.6 Å². The van der Waals surface area contributed by atoms with Gasteiger partial charge in [0.1, 0.15) is 0 Å². The van der Waals surface area contributed by atoms with Gasteiger partial charge in [0.2, 0.25) is 10.0 Å². The first kappa shape index (κ1) is 22.7. The van der Waals surface area contributed by atoms with E-state index in [1.54, 1.807) is 11.4 Å². The fourth-order valence-corrected chi connectivity index (χ4v) is 4.84. The van der Waals surface area contributed by atoms with Gasteiger partial charge in [-0.3, -0.25) is 4.99 Å². The van der Waals surface area contributed by atoms with Crippen LogP contribution in [-0.2, 0) is 15.4 Å². The van der Waals surface area contributed by atoms with Gasteiger partial charge in [0.05, 0.1) is 6.26 Å². The van der Waals surface area contributed by atoms with Crippen molar-refractivity contribution >= 4 is 16.0 Å². The lowest BCUT2D eigenvalue weighted by molar-refractivity contribution is 0.274. The molecule has 1 heterocycles. The number of nitrogens with zero attached hydrogens (tertiary/aromatic N) is 2. The molecule has 0 spiro atoms. The minimum absolute atomic E-state index is 0.0830. The van der Waals surface area contributed by atoms with E-state index in [2.05, 4.69) is 59.8 Å². The van der Waals surface area contributed by atoms with Gasteiger partial charge in [0.15, 0.2) is 5.96 Å². The molecule has 0 aliphatic carbocycles. The van der Waals surface area contributed by atoms with Crippen LogP contribution in [0.3, 0.4) is 0 Å². The molecule has 1 fully saturated rings. The maximum atomic E-state index is 11.6. The summed E-state index contributed by atoms with van der Waals surface area (Å²) in [6.45, 7) is 7.35. The summed E-state index contributed by atoms with van der Waals surface area (Å²) in [5, 5.41) is 6.95. The largest absolute Gasteiger partial charge is 0.356 e. The summed E-state index contributed by atoms with van der Waals surface area (Å²) in [4.78, 5) is 4.38. The number of hydrogen-bond acceptors (Lipinski definition) is 3. The van der Waals surface area contributed by atoms with Crippen molar-refractivity contribution in [1.29, 1.82) is 0 Å². The van der Waals surface area contributed by atoms with E-state index in [4.69, 9.17) is 0 Å². The summed E-state index contributed by atoms with van der Waals surface area (Å²) in [5.74, 6) is 1.28. The molecule has 28 heavy (non-hydrogen) atoms. The van der Waals surface area contributed by atoms with Crippen molar-refractivity contribution in [3.63, 3.8) is 0 Å². The van der Waals surface area contributed by atoms with Crippen LogP contribution < -0.4 is 10.6 Å². The molecule has 1 aliphatic rings. The van der Waals surface area contributed by atoms with Crippen LogP contribution in [0.25, 0.3) is 0 Å². The number of rotatable bonds is 8. The Labute approximate surface area is 170 Å². The third-order valence-corrected chi connectivity index (χ3v) is 7.46. The van der Waals surface area contributed by atoms with Gasteiger partial charge in [-0.1, -0.05) is 44.2 Å². The number of benzene rings is 1. The van der Waals surface area contributed by atoms with Gasteiger partial charge < -0.3 is 10.6 Å². The molecule has 1 aromatic carbocycles. The van der Waals surface area contributed by atoms with Crippen LogP contribution in [0.2, 0.25) is 0 Å². The molecule has 2 N–H and O–H groups in total. The Morgan fingerprint density at radius 1 is 1.14 bits per heavy atom. The molecule has 2 rings (SSSR count). The molecule has 0 atom stereocenters. The molecule has 6 nitrogen and oxygen atoms in total. The highest BCUT2D eigenvalue weighted by molar-refractivity contribution is 7.88. The van der Waals surface area contributed by atoms with Crippen molar-refractivity contribution in [3.05, 3.63) is 35.9 Å². The molecule has 1 aliphatic heterocycles. The first-order chi connectivity index (χ1) is 13.3. The van der Waals surface area contributed by atoms with E-state index in [1.807, 2.05) is 0 Å². The molecule has 158 valence electrons. The summed E-state index contributed by atoms with van der Waals surface area (Å²) in [7, 11) is -1.27. The fourth-order valence-electron chi connectivity index (χ4n) is 3.96. The topological polar surface area (TPSA) is 73.8 Å². The Morgan fingerprint density at radius 2 is 1.75 bits per heavy atom. The predicted molar refractivity (Wildman–Crippen MR) is 117 cm³/mol. The van der Waals surface area contributed by atoms with E-state index >= 15 is 0 Å². The zero-order chi connectivity index (χ0) is 20.6.